The summed E-state index contributed by atoms with van der Waals surface area (Å²) in [5, 5.41) is 5.42. The Labute approximate surface area is 195 Å². The third-order valence-corrected chi connectivity index (χ3v) is 4.44. The van der Waals surface area contributed by atoms with Crippen LogP contribution in [0.4, 0.5) is 9.59 Å². The molecule has 10 heteroatoms. The topological polar surface area (TPSA) is 106 Å². The van der Waals surface area contributed by atoms with E-state index in [-0.39, 0.29) is 24.8 Å². The standard InChI is InChI=1S/C20H42N4O4.2ClH/c1-6-9-12-13-16-24(17(4)27-18(25)22-14-10-7-2)20(5,21)28-19(26)23-15-11-8-3;;/h17H,6-16,21H2,1-5H3,(H,22,25)(H,23,26);2*1H. The van der Waals surface area contributed by atoms with Crippen LogP contribution in [-0.2, 0) is 9.47 Å². The highest BCUT2D eigenvalue weighted by molar-refractivity contribution is 5.85. The number of nitrogens with two attached hydrogens (primary N) is 1. The van der Waals surface area contributed by atoms with Crippen LogP contribution < -0.4 is 16.4 Å². The van der Waals surface area contributed by atoms with Crippen molar-refractivity contribution in [2.75, 3.05) is 19.6 Å². The molecular weight excluding hydrogens is 431 g/mol. The van der Waals surface area contributed by atoms with Gasteiger partial charge in [0.15, 0.2) is 6.23 Å². The first kappa shape index (κ1) is 33.7. The number of rotatable bonds is 15. The van der Waals surface area contributed by atoms with Crippen molar-refractivity contribution in [2.24, 2.45) is 5.73 Å². The quantitative estimate of drug-likeness (QED) is 0.233. The molecule has 0 aliphatic rings. The molecule has 2 amide bonds. The Morgan fingerprint density at radius 3 is 1.90 bits per heavy atom. The molecule has 0 rings (SSSR count). The molecule has 0 aliphatic carbocycles. The van der Waals surface area contributed by atoms with E-state index in [1.165, 1.54) is 0 Å². The summed E-state index contributed by atoms with van der Waals surface area (Å²) in [7, 11) is 0. The number of alkyl carbamates (subject to hydrolysis) is 2. The van der Waals surface area contributed by atoms with E-state index in [1.54, 1.807) is 18.7 Å². The molecule has 0 bridgehead atoms. The van der Waals surface area contributed by atoms with Crippen molar-refractivity contribution in [2.45, 2.75) is 98.1 Å². The fourth-order valence-corrected chi connectivity index (χ4v) is 2.75. The van der Waals surface area contributed by atoms with E-state index >= 15 is 0 Å². The molecule has 0 heterocycles. The fourth-order valence-electron chi connectivity index (χ4n) is 2.75. The molecule has 0 spiro atoms. The van der Waals surface area contributed by atoms with Crippen LogP contribution in [0.5, 0.6) is 0 Å². The molecule has 2 unspecified atom stereocenters. The lowest BCUT2D eigenvalue weighted by molar-refractivity contribution is -0.159. The van der Waals surface area contributed by atoms with Crippen LogP contribution >= 0.6 is 24.8 Å². The molecular formula is C20H44Cl2N4O4. The van der Waals surface area contributed by atoms with E-state index in [9.17, 15) is 9.59 Å². The number of carbonyl (C=O) groups excluding carboxylic acids is 2. The zero-order valence-electron chi connectivity index (χ0n) is 19.3. The minimum Gasteiger partial charge on any atom is -0.430 e. The zero-order valence-corrected chi connectivity index (χ0v) is 21.0. The third kappa shape index (κ3) is 15.8. The van der Waals surface area contributed by atoms with Crippen molar-refractivity contribution >= 4 is 37.0 Å². The Kier molecular flexibility index (Phi) is 22.4. The van der Waals surface area contributed by atoms with Crippen LogP contribution in [0.2, 0.25) is 0 Å². The van der Waals surface area contributed by atoms with Gasteiger partial charge >= 0.3 is 12.2 Å². The maximum atomic E-state index is 12.1. The minimum absolute atomic E-state index is 0. The third-order valence-electron chi connectivity index (χ3n) is 4.44. The first-order chi connectivity index (χ1) is 13.3. The largest absolute Gasteiger partial charge is 0.430 e. The number of nitrogens with zero attached hydrogens (tertiary/aromatic N) is 1. The van der Waals surface area contributed by atoms with Gasteiger partial charge in [-0.25, -0.2) is 14.5 Å². The van der Waals surface area contributed by atoms with Crippen LogP contribution in [0.15, 0.2) is 0 Å². The maximum Gasteiger partial charge on any atom is 0.409 e. The Hall–Kier alpha value is -0.960. The first-order valence-corrected chi connectivity index (χ1v) is 10.7. The molecule has 182 valence electrons. The summed E-state index contributed by atoms with van der Waals surface area (Å²) in [6, 6.07) is 0. The van der Waals surface area contributed by atoms with E-state index < -0.39 is 24.3 Å². The first-order valence-electron chi connectivity index (χ1n) is 10.7. The van der Waals surface area contributed by atoms with E-state index in [0.717, 1.165) is 51.4 Å². The molecule has 0 aromatic rings. The average Bonchev–Trinajstić information content (AvgIpc) is 2.61. The summed E-state index contributed by atoms with van der Waals surface area (Å²) in [5.41, 5.74) is 6.31. The normalized spacial score (nSPS) is 13.3. The molecule has 0 radical (unpaired) electrons. The van der Waals surface area contributed by atoms with Crippen LogP contribution in [0.25, 0.3) is 0 Å². The van der Waals surface area contributed by atoms with E-state index in [4.69, 9.17) is 15.2 Å². The molecule has 4 N–H and O–H groups in total. The lowest BCUT2D eigenvalue weighted by Crippen LogP contribution is -2.61. The van der Waals surface area contributed by atoms with E-state index in [0.29, 0.717) is 19.6 Å². The predicted octanol–water partition coefficient (Wildman–Crippen LogP) is 4.74. The summed E-state index contributed by atoms with van der Waals surface area (Å²) in [6.45, 7) is 11.2. The van der Waals surface area contributed by atoms with Gasteiger partial charge in [0.25, 0.3) is 0 Å². The summed E-state index contributed by atoms with van der Waals surface area (Å²) in [4.78, 5) is 25.8. The number of nitrogens with one attached hydrogen (secondary N) is 2. The van der Waals surface area contributed by atoms with Crippen molar-refractivity contribution in [3.05, 3.63) is 0 Å². The molecule has 30 heavy (non-hydrogen) atoms. The number of unbranched alkanes of at least 4 members (excludes halogenated alkanes) is 5. The summed E-state index contributed by atoms with van der Waals surface area (Å²) in [5.74, 6) is -1.40. The number of halogens is 2. The van der Waals surface area contributed by atoms with Gasteiger partial charge in [0, 0.05) is 26.6 Å². The Balaban J connectivity index is -0.00000364. The molecule has 2 atom stereocenters. The molecule has 0 aliphatic heterocycles. The second-order valence-electron chi connectivity index (χ2n) is 7.26. The predicted molar refractivity (Wildman–Crippen MR) is 126 cm³/mol. The summed E-state index contributed by atoms with van der Waals surface area (Å²) >= 11 is 0. The van der Waals surface area contributed by atoms with Gasteiger partial charge in [0.2, 0.25) is 5.85 Å². The summed E-state index contributed by atoms with van der Waals surface area (Å²) < 4.78 is 10.9. The average molecular weight is 476 g/mol. The highest BCUT2D eigenvalue weighted by atomic mass is 35.5. The lowest BCUT2D eigenvalue weighted by atomic mass is 10.2. The SMILES string of the molecule is CCCCCCN(C(C)OC(=O)NCCCC)C(C)(N)OC(=O)NCCCC.Cl.Cl. The summed E-state index contributed by atoms with van der Waals surface area (Å²) in [6.07, 6.45) is 6.13. The fraction of sp³-hybridized carbons (Fsp3) is 0.900. The van der Waals surface area contributed by atoms with E-state index in [1.807, 2.05) is 6.92 Å². The van der Waals surface area contributed by atoms with Crippen LogP contribution in [-0.4, -0.2) is 48.8 Å². The Morgan fingerprint density at radius 2 is 1.40 bits per heavy atom. The van der Waals surface area contributed by atoms with Gasteiger partial charge in [-0.3, -0.25) is 5.73 Å². The lowest BCUT2D eigenvalue weighted by Gasteiger charge is -2.40. The van der Waals surface area contributed by atoms with Gasteiger partial charge in [-0.1, -0.05) is 52.9 Å². The number of ether oxygens (including phenoxy) is 2. The molecule has 0 fully saturated rings. The smallest absolute Gasteiger partial charge is 0.409 e. The Bertz CT molecular complexity index is 443. The molecule has 0 saturated heterocycles. The van der Waals surface area contributed by atoms with E-state index in [2.05, 4.69) is 24.5 Å². The Morgan fingerprint density at radius 1 is 0.900 bits per heavy atom. The van der Waals surface area contributed by atoms with Gasteiger partial charge in [0.05, 0.1) is 0 Å². The second-order valence-corrected chi connectivity index (χ2v) is 7.26. The molecule has 0 aromatic carbocycles. The van der Waals surface area contributed by atoms with Crippen molar-refractivity contribution in [1.29, 1.82) is 0 Å². The number of amides is 2. The van der Waals surface area contributed by atoms with Crippen molar-refractivity contribution < 1.29 is 19.1 Å². The maximum absolute atomic E-state index is 12.1. The number of carbonyl (C=O) groups is 2. The molecule has 0 saturated carbocycles. The van der Waals surface area contributed by atoms with Crippen LogP contribution in [0.1, 0.15) is 86.0 Å². The molecule has 8 nitrogen and oxygen atoms in total. The van der Waals surface area contributed by atoms with Gasteiger partial charge < -0.3 is 20.1 Å². The zero-order chi connectivity index (χ0) is 21.4. The van der Waals surface area contributed by atoms with Crippen molar-refractivity contribution in [3.8, 4) is 0 Å². The monoisotopic (exact) mass is 474 g/mol. The second kappa shape index (κ2) is 20.0. The van der Waals surface area contributed by atoms with Gasteiger partial charge in [-0.2, -0.15) is 0 Å². The minimum atomic E-state index is -1.40. The number of hydrogen-bond acceptors (Lipinski definition) is 6. The van der Waals surface area contributed by atoms with Crippen molar-refractivity contribution in [3.63, 3.8) is 0 Å². The van der Waals surface area contributed by atoms with Crippen LogP contribution in [0.3, 0.4) is 0 Å². The number of hydrogen-bond donors (Lipinski definition) is 3. The van der Waals surface area contributed by atoms with Gasteiger partial charge in [-0.05, 0) is 26.2 Å². The highest BCUT2D eigenvalue weighted by Crippen LogP contribution is 2.18. The van der Waals surface area contributed by atoms with Gasteiger partial charge in [0.1, 0.15) is 0 Å². The van der Waals surface area contributed by atoms with Crippen LogP contribution in [0, 0.1) is 0 Å². The highest BCUT2D eigenvalue weighted by Gasteiger charge is 2.36. The molecule has 0 aromatic heterocycles. The van der Waals surface area contributed by atoms with Crippen molar-refractivity contribution in [1.82, 2.24) is 15.5 Å². The van der Waals surface area contributed by atoms with Gasteiger partial charge in [-0.15, -0.1) is 24.8 Å².